The summed E-state index contributed by atoms with van der Waals surface area (Å²) >= 11 is 0. The number of hydrogen-bond acceptors (Lipinski definition) is 2. The van der Waals surface area contributed by atoms with Gasteiger partial charge in [-0.2, -0.15) is 0 Å². The first-order valence-corrected chi connectivity index (χ1v) is 4.49. The molecule has 0 fully saturated rings. The predicted octanol–water partition coefficient (Wildman–Crippen LogP) is 2.47. The maximum Gasteiger partial charge on any atom is 0.134 e. The van der Waals surface area contributed by atoms with E-state index in [0.717, 1.165) is 18.6 Å². The zero-order valence-electron chi connectivity index (χ0n) is 7.93. The molecule has 0 spiro atoms. The Morgan fingerprint density at radius 3 is 2.57 bits per heavy atom. The number of hydrogen-bond donors (Lipinski definition) is 2. The molecule has 0 saturated carbocycles. The van der Waals surface area contributed by atoms with Crippen LogP contribution in [0.3, 0.4) is 0 Å². The van der Waals surface area contributed by atoms with Crippen molar-refractivity contribution in [3.63, 3.8) is 0 Å². The number of halogens is 2. The monoisotopic (exact) mass is 201 g/mol. The zero-order valence-corrected chi connectivity index (χ0v) is 7.93. The summed E-state index contributed by atoms with van der Waals surface area (Å²) in [5.41, 5.74) is 5.63. The molecular weight excluding hydrogens is 188 g/mol. The van der Waals surface area contributed by atoms with E-state index >= 15 is 0 Å². The van der Waals surface area contributed by atoms with Gasteiger partial charge in [0.1, 0.15) is 17.4 Å². The van der Waals surface area contributed by atoms with Gasteiger partial charge in [-0.15, -0.1) is 0 Å². The topological polar surface area (TPSA) is 46.2 Å². The summed E-state index contributed by atoms with van der Waals surface area (Å²) in [6.07, 6.45) is 1.33. The van der Waals surface area contributed by atoms with Crippen LogP contribution in [-0.2, 0) is 0 Å². The van der Waals surface area contributed by atoms with Crippen LogP contribution in [0.5, 0.6) is 5.75 Å². The van der Waals surface area contributed by atoms with Gasteiger partial charge in [0, 0.05) is 23.7 Å². The lowest BCUT2D eigenvalue weighted by molar-refractivity contribution is 0.436. The molecule has 0 amide bonds. The van der Waals surface area contributed by atoms with E-state index in [1.807, 2.05) is 6.92 Å². The first-order valence-electron chi connectivity index (χ1n) is 4.49. The second-order valence-electron chi connectivity index (χ2n) is 3.22. The maximum absolute atomic E-state index is 13.2. The van der Waals surface area contributed by atoms with E-state index in [1.165, 1.54) is 0 Å². The minimum absolute atomic E-state index is 0.00625. The largest absolute Gasteiger partial charge is 0.507 e. The average Bonchev–Trinajstić information content (AvgIpc) is 2.01. The van der Waals surface area contributed by atoms with Crippen LogP contribution in [0.4, 0.5) is 8.78 Å². The van der Waals surface area contributed by atoms with Gasteiger partial charge in [0.05, 0.1) is 0 Å². The number of phenols is 1. The summed E-state index contributed by atoms with van der Waals surface area (Å²) in [7, 11) is 0. The minimum Gasteiger partial charge on any atom is -0.507 e. The average molecular weight is 201 g/mol. The van der Waals surface area contributed by atoms with Gasteiger partial charge in [0.15, 0.2) is 0 Å². The normalized spacial score (nSPS) is 12.9. The Balaban J connectivity index is 3.07. The van der Waals surface area contributed by atoms with Crippen molar-refractivity contribution >= 4 is 0 Å². The van der Waals surface area contributed by atoms with Crippen molar-refractivity contribution in [3.8, 4) is 5.75 Å². The van der Waals surface area contributed by atoms with E-state index in [2.05, 4.69) is 0 Å². The number of rotatable bonds is 3. The van der Waals surface area contributed by atoms with E-state index < -0.39 is 23.4 Å². The third-order valence-electron chi connectivity index (χ3n) is 2.04. The summed E-state index contributed by atoms with van der Waals surface area (Å²) in [5.74, 6) is -2.00. The van der Waals surface area contributed by atoms with Gasteiger partial charge in [0.2, 0.25) is 0 Å². The van der Waals surface area contributed by atoms with E-state index in [4.69, 9.17) is 5.73 Å². The second-order valence-corrected chi connectivity index (χ2v) is 3.22. The third kappa shape index (κ3) is 2.20. The molecule has 0 aromatic heterocycles. The van der Waals surface area contributed by atoms with Crippen LogP contribution in [-0.4, -0.2) is 5.11 Å². The fourth-order valence-electron chi connectivity index (χ4n) is 1.39. The van der Waals surface area contributed by atoms with Crippen molar-refractivity contribution in [3.05, 3.63) is 29.3 Å². The van der Waals surface area contributed by atoms with Gasteiger partial charge in [-0.1, -0.05) is 13.3 Å². The Morgan fingerprint density at radius 2 is 2.07 bits per heavy atom. The highest BCUT2D eigenvalue weighted by atomic mass is 19.1. The molecule has 14 heavy (non-hydrogen) atoms. The molecule has 0 aliphatic heterocycles. The highest BCUT2D eigenvalue weighted by molar-refractivity contribution is 5.36. The second kappa shape index (κ2) is 4.37. The minimum atomic E-state index is -0.799. The van der Waals surface area contributed by atoms with Crippen LogP contribution < -0.4 is 5.73 Å². The third-order valence-corrected chi connectivity index (χ3v) is 2.04. The lowest BCUT2D eigenvalue weighted by atomic mass is 10.0. The Labute approximate surface area is 81.4 Å². The van der Waals surface area contributed by atoms with Crippen molar-refractivity contribution in [1.82, 2.24) is 0 Å². The molecule has 1 aromatic rings. The molecule has 1 aromatic carbocycles. The SMILES string of the molecule is CCC[C@H](N)c1c(O)cc(F)cc1F. The first-order chi connectivity index (χ1) is 6.56. The smallest absolute Gasteiger partial charge is 0.134 e. The van der Waals surface area contributed by atoms with Gasteiger partial charge < -0.3 is 10.8 Å². The molecule has 0 aliphatic carbocycles. The van der Waals surface area contributed by atoms with E-state index in [1.54, 1.807) is 0 Å². The van der Waals surface area contributed by atoms with Crippen LogP contribution >= 0.6 is 0 Å². The van der Waals surface area contributed by atoms with Crippen LogP contribution in [0, 0.1) is 11.6 Å². The van der Waals surface area contributed by atoms with E-state index in [9.17, 15) is 13.9 Å². The van der Waals surface area contributed by atoms with Crippen LogP contribution in [0.15, 0.2) is 12.1 Å². The van der Waals surface area contributed by atoms with Gasteiger partial charge in [-0.3, -0.25) is 0 Å². The van der Waals surface area contributed by atoms with Crippen molar-refractivity contribution in [2.75, 3.05) is 0 Å². The fraction of sp³-hybridized carbons (Fsp3) is 0.400. The van der Waals surface area contributed by atoms with E-state index in [0.29, 0.717) is 6.42 Å². The zero-order chi connectivity index (χ0) is 10.7. The number of aromatic hydroxyl groups is 1. The molecule has 0 aliphatic rings. The van der Waals surface area contributed by atoms with Gasteiger partial charge in [-0.05, 0) is 6.42 Å². The highest BCUT2D eigenvalue weighted by Gasteiger charge is 2.16. The summed E-state index contributed by atoms with van der Waals surface area (Å²) in [5, 5.41) is 9.31. The summed E-state index contributed by atoms with van der Waals surface area (Å²) in [6, 6.07) is 1.01. The molecule has 1 atom stereocenters. The molecule has 0 radical (unpaired) electrons. The van der Waals surface area contributed by atoms with Crippen LogP contribution in [0.25, 0.3) is 0 Å². The number of benzene rings is 1. The Hall–Kier alpha value is -1.16. The van der Waals surface area contributed by atoms with Crippen LogP contribution in [0.2, 0.25) is 0 Å². The number of nitrogens with two attached hydrogens (primary N) is 1. The molecule has 78 valence electrons. The van der Waals surface area contributed by atoms with Gasteiger partial charge in [0.25, 0.3) is 0 Å². The Bertz CT molecular complexity index is 305. The van der Waals surface area contributed by atoms with Crippen molar-refractivity contribution in [2.45, 2.75) is 25.8 Å². The molecule has 0 heterocycles. The lowest BCUT2D eigenvalue weighted by Crippen LogP contribution is -2.12. The first kappa shape index (κ1) is 10.9. The van der Waals surface area contributed by atoms with Crippen molar-refractivity contribution in [1.29, 1.82) is 0 Å². The molecule has 0 unspecified atom stereocenters. The highest BCUT2D eigenvalue weighted by Crippen LogP contribution is 2.29. The van der Waals surface area contributed by atoms with Crippen molar-refractivity contribution < 1.29 is 13.9 Å². The molecular formula is C10H13F2NO. The summed E-state index contributed by atoms with van der Waals surface area (Å²) < 4.78 is 25.8. The molecule has 4 heteroatoms. The Morgan fingerprint density at radius 1 is 1.43 bits per heavy atom. The molecule has 2 nitrogen and oxygen atoms in total. The molecule has 3 N–H and O–H groups in total. The maximum atomic E-state index is 13.2. The predicted molar refractivity (Wildman–Crippen MR) is 49.9 cm³/mol. The van der Waals surface area contributed by atoms with Crippen LogP contribution in [0.1, 0.15) is 31.4 Å². The molecule has 0 bridgehead atoms. The Kier molecular flexibility index (Phi) is 3.41. The van der Waals surface area contributed by atoms with Crippen molar-refractivity contribution in [2.24, 2.45) is 5.73 Å². The fourth-order valence-corrected chi connectivity index (χ4v) is 1.39. The molecule has 1 rings (SSSR count). The number of phenolic OH excluding ortho intramolecular Hbond substituents is 1. The molecule has 0 saturated heterocycles. The summed E-state index contributed by atoms with van der Waals surface area (Å²) in [4.78, 5) is 0. The lowest BCUT2D eigenvalue weighted by Gasteiger charge is -2.13. The quantitative estimate of drug-likeness (QED) is 0.789. The summed E-state index contributed by atoms with van der Waals surface area (Å²) in [6.45, 7) is 1.90. The van der Waals surface area contributed by atoms with Gasteiger partial charge in [-0.25, -0.2) is 8.78 Å². The van der Waals surface area contributed by atoms with Gasteiger partial charge >= 0.3 is 0 Å². The standard InChI is InChI=1S/C10H13F2NO/c1-2-3-8(13)10-7(12)4-6(11)5-9(10)14/h4-5,8,14H,2-3,13H2,1H3/t8-/m0/s1. The van der Waals surface area contributed by atoms with E-state index in [-0.39, 0.29) is 5.56 Å².